The number of halogens is 1. The molecule has 0 aliphatic heterocycles. The van der Waals surface area contributed by atoms with Gasteiger partial charge in [-0.1, -0.05) is 19.1 Å². The second kappa shape index (κ2) is 7.33. The Labute approximate surface area is 106 Å². The first-order valence-corrected chi connectivity index (χ1v) is 6.82. The van der Waals surface area contributed by atoms with Crippen molar-refractivity contribution in [1.29, 1.82) is 0 Å². The van der Waals surface area contributed by atoms with E-state index < -0.39 is 0 Å². The molecule has 94 valence electrons. The van der Waals surface area contributed by atoms with Crippen LogP contribution in [0.3, 0.4) is 0 Å². The fraction of sp³-hybridized carbons (Fsp3) is 0.462. The highest BCUT2D eigenvalue weighted by atomic mass is 32.2. The van der Waals surface area contributed by atoms with Gasteiger partial charge >= 0.3 is 0 Å². The van der Waals surface area contributed by atoms with E-state index in [1.807, 2.05) is 13.8 Å². The summed E-state index contributed by atoms with van der Waals surface area (Å²) < 4.78 is 12.7. The number of carbonyl (C=O) groups excluding carboxylic acids is 1. The Morgan fingerprint density at radius 3 is 2.65 bits per heavy atom. The number of carbonyl (C=O) groups is 1. The molecule has 0 spiro atoms. The molecule has 0 radical (unpaired) electrons. The summed E-state index contributed by atoms with van der Waals surface area (Å²) in [6.07, 6.45) is 0.946. The summed E-state index contributed by atoms with van der Waals surface area (Å²) in [5.41, 5.74) is 1.03. The summed E-state index contributed by atoms with van der Waals surface area (Å²) in [7, 11) is 0. The van der Waals surface area contributed by atoms with Crippen LogP contribution in [0.1, 0.15) is 25.8 Å². The van der Waals surface area contributed by atoms with Gasteiger partial charge in [-0.25, -0.2) is 4.39 Å². The summed E-state index contributed by atoms with van der Waals surface area (Å²) in [6.45, 7) is 4.63. The van der Waals surface area contributed by atoms with Crippen LogP contribution in [0.25, 0.3) is 0 Å². The normalized spacial score (nSPS) is 12.2. The third-order valence-corrected chi connectivity index (χ3v) is 3.55. The average Bonchev–Trinajstić information content (AvgIpc) is 2.34. The second-order valence-electron chi connectivity index (χ2n) is 3.87. The van der Waals surface area contributed by atoms with Crippen molar-refractivity contribution in [3.8, 4) is 0 Å². The highest BCUT2D eigenvalue weighted by Gasteiger charge is 2.12. The Kier molecular flexibility index (Phi) is 6.05. The minimum Gasteiger partial charge on any atom is -0.355 e. The van der Waals surface area contributed by atoms with Gasteiger partial charge in [0.25, 0.3) is 0 Å². The first-order chi connectivity index (χ1) is 8.13. The lowest BCUT2D eigenvalue weighted by Crippen LogP contribution is -2.31. The molecule has 1 aromatic carbocycles. The maximum atomic E-state index is 12.7. The molecule has 0 aliphatic rings. The number of rotatable bonds is 6. The van der Waals surface area contributed by atoms with E-state index in [-0.39, 0.29) is 17.0 Å². The van der Waals surface area contributed by atoms with Crippen molar-refractivity contribution in [3.05, 3.63) is 35.6 Å². The zero-order valence-electron chi connectivity index (χ0n) is 10.2. The summed E-state index contributed by atoms with van der Waals surface area (Å²) >= 11 is 1.56. The predicted molar refractivity (Wildman–Crippen MR) is 70.5 cm³/mol. The van der Waals surface area contributed by atoms with Gasteiger partial charge in [0, 0.05) is 12.3 Å². The molecule has 1 atom stereocenters. The van der Waals surface area contributed by atoms with Crippen LogP contribution in [-0.2, 0) is 10.5 Å². The number of hydrogen-bond donors (Lipinski definition) is 1. The van der Waals surface area contributed by atoms with Crippen molar-refractivity contribution in [2.45, 2.75) is 31.3 Å². The molecule has 0 aliphatic carbocycles. The lowest BCUT2D eigenvalue weighted by Gasteiger charge is -2.11. The van der Waals surface area contributed by atoms with Crippen molar-refractivity contribution in [2.24, 2.45) is 0 Å². The molecular formula is C13H18FNOS. The van der Waals surface area contributed by atoms with Crippen LogP contribution >= 0.6 is 11.8 Å². The summed E-state index contributed by atoms with van der Waals surface area (Å²) in [5.74, 6) is 0.563. The molecule has 1 N–H and O–H groups in total. The topological polar surface area (TPSA) is 29.1 Å². The predicted octanol–water partition coefficient (Wildman–Crippen LogP) is 2.97. The highest BCUT2D eigenvalue weighted by molar-refractivity contribution is 7.99. The van der Waals surface area contributed by atoms with Gasteiger partial charge in [-0.15, -0.1) is 11.8 Å². The van der Waals surface area contributed by atoms with E-state index in [1.54, 1.807) is 23.9 Å². The van der Waals surface area contributed by atoms with E-state index >= 15 is 0 Å². The lowest BCUT2D eigenvalue weighted by molar-refractivity contribution is -0.120. The van der Waals surface area contributed by atoms with Crippen molar-refractivity contribution in [1.82, 2.24) is 5.32 Å². The Bertz CT molecular complexity index is 353. The molecule has 1 amide bonds. The molecule has 17 heavy (non-hydrogen) atoms. The van der Waals surface area contributed by atoms with Crippen molar-refractivity contribution < 1.29 is 9.18 Å². The third kappa shape index (κ3) is 5.22. The quantitative estimate of drug-likeness (QED) is 0.846. The molecule has 0 saturated heterocycles. The smallest absolute Gasteiger partial charge is 0.232 e. The summed E-state index contributed by atoms with van der Waals surface area (Å²) in [5, 5.41) is 2.78. The van der Waals surface area contributed by atoms with E-state index in [0.717, 1.165) is 24.3 Å². The van der Waals surface area contributed by atoms with Gasteiger partial charge in [-0.2, -0.15) is 0 Å². The molecule has 1 rings (SSSR count). The Hall–Kier alpha value is -1.03. The number of hydrogen-bond acceptors (Lipinski definition) is 2. The van der Waals surface area contributed by atoms with E-state index in [9.17, 15) is 9.18 Å². The molecule has 4 heteroatoms. The highest BCUT2D eigenvalue weighted by Crippen LogP contribution is 2.18. The largest absolute Gasteiger partial charge is 0.355 e. The Balaban J connectivity index is 2.34. The van der Waals surface area contributed by atoms with Gasteiger partial charge in [0.2, 0.25) is 5.91 Å². The maximum Gasteiger partial charge on any atom is 0.232 e. The molecule has 0 aromatic heterocycles. The summed E-state index contributed by atoms with van der Waals surface area (Å²) in [4.78, 5) is 11.6. The van der Waals surface area contributed by atoms with Crippen molar-refractivity contribution >= 4 is 17.7 Å². The number of benzene rings is 1. The van der Waals surface area contributed by atoms with Crippen LogP contribution in [0.2, 0.25) is 0 Å². The van der Waals surface area contributed by atoms with Crippen LogP contribution < -0.4 is 5.32 Å². The first-order valence-electron chi connectivity index (χ1n) is 5.77. The van der Waals surface area contributed by atoms with E-state index in [1.165, 1.54) is 12.1 Å². The molecule has 1 aromatic rings. The van der Waals surface area contributed by atoms with Gasteiger partial charge in [-0.3, -0.25) is 4.79 Å². The van der Waals surface area contributed by atoms with Gasteiger partial charge in [0.15, 0.2) is 0 Å². The fourth-order valence-corrected chi connectivity index (χ4v) is 2.14. The molecule has 0 saturated carbocycles. The SMILES string of the molecule is CCCNC(=O)C(C)SCc1ccc(F)cc1. The maximum absolute atomic E-state index is 12.7. The monoisotopic (exact) mass is 255 g/mol. The molecule has 0 heterocycles. The number of amides is 1. The van der Waals surface area contributed by atoms with Crippen molar-refractivity contribution in [2.75, 3.05) is 6.54 Å². The molecule has 0 fully saturated rings. The third-order valence-electron chi connectivity index (χ3n) is 2.33. The zero-order valence-corrected chi connectivity index (χ0v) is 11.0. The Morgan fingerprint density at radius 2 is 2.06 bits per heavy atom. The average molecular weight is 255 g/mol. The van der Waals surface area contributed by atoms with Gasteiger partial charge in [0.1, 0.15) is 5.82 Å². The van der Waals surface area contributed by atoms with Gasteiger partial charge < -0.3 is 5.32 Å². The van der Waals surface area contributed by atoms with Gasteiger partial charge in [-0.05, 0) is 31.0 Å². The number of nitrogens with one attached hydrogen (secondary N) is 1. The van der Waals surface area contributed by atoms with E-state index in [0.29, 0.717) is 0 Å². The summed E-state index contributed by atoms with van der Waals surface area (Å²) in [6, 6.07) is 6.38. The van der Waals surface area contributed by atoms with Crippen LogP contribution in [-0.4, -0.2) is 17.7 Å². The van der Waals surface area contributed by atoms with E-state index in [4.69, 9.17) is 0 Å². The van der Waals surface area contributed by atoms with Gasteiger partial charge in [0.05, 0.1) is 5.25 Å². The van der Waals surface area contributed by atoms with Crippen LogP contribution in [0, 0.1) is 5.82 Å². The van der Waals surface area contributed by atoms with Crippen molar-refractivity contribution in [3.63, 3.8) is 0 Å². The minimum atomic E-state index is -0.229. The first kappa shape index (κ1) is 14.0. The minimum absolute atomic E-state index is 0.0685. The van der Waals surface area contributed by atoms with Crippen LogP contribution in [0.4, 0.5) is 4.39 Å². The molecule has 0 bridgehead atoms. The zero-order chi connectivity index (χ0) is 12.7. The van der Waals surface area contributed by atoms with Crippen LogP contribution in [0.5, 0.6) is 0 Å². The lowest BCUT2D eigenvalue weighted by atomic mass is 10.2. The van der Waals surface area contributed by atoms with E-state index in [2.05, 4.69) is 5.32 Å². The second-order valence-corrected chi connectivity index (χ2v) is 5.20. The van der Waals surface area contributed by atoms with Crippen LogP contribution in [0.15, 0.2) is 24.3 Å². The molecule has 2 nitrogen and oxygen atoms in total. The Morgan fingerprint density at radius 1 is 1.41 bits per heavy atom. The molecular weight excluding hydrogens is 237 g/mol. The number of thioether (sulfide) groups is 1. The molecule has 1 unspecified atom stereocenters. The standard InChI is InChI=1S/C13H18FNOS/c1-3-8-15-13(16)10(2)17-9-11-4-6-12(14)7-5-11/h4-7,10H,3,8-9H2,1-2H3,(H,15,16). The fourth-order valence-electron chi connectivity index (χ4n) is 1.27.